The minimum absolute atomic E-state index is 0.187. The largest absolute Gasteiger partial charge is 0.416 e. The van der Waals surface area contributed by atoms with E-state index in [4.69, 9.17) is 0 Å². The van der Waals surface area contributed by atoms with Crippen LogP contribution in [0, 0.1) is 5.92 Å². The van der Waals surface area contributed by atoms with Gasteiger partial charge < -0.3 is 0 Å². The van der Waals surface area contributed by atoms with E-state index in [1.807, 2.05) is 13.8 Å². The smallest absolute Gasteiger partial charge is 0.166 e. The lowest BCUT2D eigenvalue weighted by molar-refractivity contribution is -0.0889. The van der Waals surface area contributed by atoms with E-state index in [0.29, 0.717) is 5.57 Å². The molecule has 0 radical (unpaired) electrons. The van der Waals surface area contributed by atoms with Crippen molar-refractivity contribution in [3.05, 3.63) is 23.3 Å². The third kappa shape index (κ3) is 4.49. The van der Waals surface area contributed by atoms with Crippen LogP contribution in [0.1, 0.15) is 34.1 Å². The molecule has 0 saturated carbocycles. The molecular formula is C11H17F3. The second-order valence-electron chi connectivity index (χ2n) is 3.66. The third-order valence-electron chi connectivity index (χ3n) is 2.08. The zero-order valence-electron chi connectivity index (χ0n) is 9.07. The predicted molar refractivity (Wildman–Crippen MR) is 53.0 cm³/mol. The summed E-state index contributed by atoms with van der Waals surface area (Å²) in [6.07, 6.45) is -0.591. The van der Waals surface area contributed by atoms with Crippen molar-refractivity contribution in [1.82, 2.24) is 0 Å². The number of halogens is 3. The van der Waals surface area contributed by atoms with Gasteiger partial charge in [-0.25, -0.2) is 0 Å². The van der Waals surface area contributed by atoms with Gasteiger partial charge in [0.15, 0.2) is 0 Å². The molecule has 1 unspecified atom stereocenters. The van der Waals surface area contributed by atoms with Gasteiger partial charge in [-0.3, -0.25) is 0 Å². The van der Waals surface area contributed by atoms with Gasteiger partial charge in [0, 0.05) is 0 Å². The van der Waals surface area contributed by atoms with E-state index in [2.05, 4.69) is 0 Å². The Morgan fingerprint density at radius 1 is 1.29 bits per heavy atom. The molecule has 0 rings (SSSR count). The summed E-state index contributed by atoms with van der Waals surface area (Å²) in [6.45, 7) is 6.80. The summed E-state index contributed by atoms with van der Waals surface area (Å²) < 4.78 is 37.2. The van der Waals surface area contributed by atoms with Crippen molar-refractivity contribution >= 4 is 0 Å². The van der Waals surface area contributed by atoms with Crippen LogP contribution in [0.25, 0.3) is 0 Å². The molecule has 0 aromatic heterocycles. The first-order chi connectivity index (χ1) is 6.29. The van der Waals surface area contributed by atoms with E-state index < -0.39 is 11.7 Å². The number of rotatable bonds is 3. The van der Waals surface area contributed by atoms with E-state index in [1.54, 1.807) is 6.08 Å². The molecule has 0 aliphatic rings. The predicted octanol–water partition coefficient (Wildman–Crippen LogP) is 4.49. The third-order valence-corrected chi connectivity index (χ3v) is 2.08. The van der Waals surface area contributed by atoms with Crippen LogP contribution >= 0.6 is 0 Å². The molecular weight excluding hydrogens is 189 g/mol. The van der Waals surface area contributed by atoms with Gasteiger partial charge in [0.05, 0.1) is 5.57 Å². The Balaban J connectivity index is 4.75. The highest BCUT2D eigenvalue weighted by Gasteiger charge is 2.32. The number of hydrogen-bond donors (Lipinski definition) is 0. The van der Waals surface area contributed by atoms with Crippen LogP contribution in [0.2, 0.25) is 0 Å². The van der Waals surface area contributed by atoms with Crippen molar-refractivity contribution in [2.24, 2.45) is 5.92 Å². The highest BCUT2D eigenvalue weighted by molar-refractivity contribution is 5.28. The van der Waals surface area contributed by atoms with Crippen molar-refractivity contribution in [1.29, 1.82) is 0 Å². The van der Waals surface area contributed by atoms with Gasteiger partial charge in [0.1, 0.15) is 0 Å². The molecule has 82 valence electrons. The standard InChI is InChI=1S/C11H17F3/c1-5-9(4)6-7-10(8(2)3)11(12,13)14/h6-7,9H,5H2,1-4H3/b7-6-. The van der Waals surface area contributed by atoms with Crippen molar-refractivity contribution in [3.63, 3.8) is 0 Å². The van der Waals surface area contributed by atoms with Gasteiger partial charge >= 0.3 is 6.18 Å². The first kappa shape index (κ1) is 13.3. The fourth-order valence-corrected chi connectivity index (χ4v) is 0.941. The van der Waals surface area contributed by atoms with Gasteiger partial charge in [0.2, 0.25) is 0 Å². The van der Waals surface area contributed by atoms with E-state index in [-0.39, 0.29) is 5.92 Å². The topological polar surface area (TPSA) is 0 Å². The van der Waals surface area contributed by atoms with Crippen molar-refractivity contribution < 1.29 is 13.2 Å². The summed E-state index contributed by atoms with van der Waals surface area (Å²) in [6, 6.07) is 0. The maximum atomic E-state index is 12.4. The summed E-state index contributed by atoms with van der Waals surface area (Å²) in [5.41, 5.74) is -0.227. The zero-order chi connectivity index (χ0) is 11.4. The van der Waals surface area contributed by atoms with E-state index in [9.17, 15) is 13.2 Å². The molecule has 0 N–H and O–H groups in total. The van der Waals surface area contributed by atoms with Gasteiger partial charge in [0.25, 0.3) is 0 Å². The maximum Gasteiger partial charge on any atom is 0.416 e. The molecule has 0 aliphatic heterocycles. The fourth-order valence-electron chi connectivity index (χ4n) is 0.941. The van der Waals surface area contributed by atoms with Crippen LogP contribution in [0.5, 0.6) is 0 Å². The average Bonchev–Trinajstić information content (AvgIpc) is 2.01. The van der Waals surface area contributed by atoms with Crippen LogP contribution in [-0.4, -0.2) is 6.18 Å². The molecule has 0 heterocycles. The van der Waals surface area contributed by atoms with Crippen LogP contribution in [0.4, 0.5) is 13.2 Å². The van der Waals surface area contributed by atoms with Gasteiger partial charge in [-0.1, -0.05) is 38.0 Å². The quantitative estimate of drug-likeness (QED) is 0.597. The minimum Gasteiger partial charge on any atom is -0.166 e. The second-order valence-corrected chi connectivity index (χ2v) is 3.66. The first-order valence-corrected chi connectivity index (χ1v) is 4.71. The first-order valence-electron chi connectivity index (χ1n) is 4.71. The lowest BCUT2D eigenvalue weighted by Crippen LogP contribution is -2.11. The van der Waals surface area contributed by atoms with Crippen molar-refractivity contribution in [2.75, 3.05) is 0 Å². The Labute approximate surface area is 83.5 Å². The monoisotopic (exact) mass is 206 g/mol. The Kier molecular flexibility index (Phi) is 4.95. The summed E-state index contributed by atoms with van der Waals surface area (Å²) >= 11 is 0. The summed E-state index contributed by atoms with van der Waals surface area (Å²) in [5, 5.41) is 0. The van der Waals surface area contributed by atoms with Crippen molar-refractivity contribution in [2.45, 2.75) is 40.3 Å². The molecule has 0 fully saturated rings. The summed E-state index contributed by atoms with van der Waals surface area (Å²) in [7, 11) is 0. The van der Waals surface area contributed by atoms with Crippen LogP contribution < -0.4 is 0 Å². The Hall–Kier alpha value is -0.730. The Morgan fingerprint density at radius 2 is 1.79 bits per heavy atom. The molecule has 0 spiro atoms. The minimum atomic E-state index is -4.23. The molecule has 14 heavy (non-hydrogen) atoms. The lowest BCUT2D eigenvalue weighted by atomic mass is 10.0. The SMILES string of the molecule is CCC(C)/C=C\C(=C(C)C)C(F)(F)F. The molecule has 0 amide bonds. The molecule has 1 atom stereocenters. The summed E-state index contributed by atoms with van der Waals surface area (Å²) in [5.74, 6) is 0.187. The van der Waals surface area contributed by atoms with E-state index >= 15 is 0 Å². The fraction of sp³-hybridized carbons (Fsp3) is 0.636. The molecule has 0 bridgehead atoms. The molecule has 3 heteroatoms. The summed E-state index contributed by atoms with van der Waals surface area (Å²) in [4.78, 5) is 0. The van der Waals surface area contributed by atoms with Gasteiger partial charge in [-0.05, 0) is 19.8 Å². The average molecular weight is 206 g/mol. The molecule has 0 aliphatic carbocycles. The van der Waals surface area contributed by atoms with Crippen LogP contribution in [0.3, 0.4) is 0 Å². The molecule has 0 nitrogen and oxygen atoms in total. The molecule has 0 aromatic carbocycles. The van der Waals surface area contributed by atoms with Gasteiger partial charge in [-0.2, -0.15) is 13.2 Å². The van der Waals surface area contributed by atoms with Crippen LogP contribution in [0.15, 0.2) is 23.3 Å². The second kappa shape index (κ2) is 5.23. The number of allylic oxidation sites excluding steroid dienone is 4. The molecule has 0 saturated heterocycles. The molecule has 0 aromatic rings. The van der Waals surface area contributed by atoms with Crippen LogP contribution in [-0.2, 0) is 0 Å². The maximum absolute atomic E-state index is 12.4. The Morgan fingerprint density at radius 3 is 2.07 bits per heavy atom. The highest BCUT2D eigenvalue weighted by atomic mass is 19.4. The van der Waals surface area contributed by atoms with E-state index in [0.717, 1.165) is 6.42 Å². The Bertz CT molecular complexity index is 229. The zero-order valence-corrected chi connectivity index (χ0v) is 9.07. The normalized spacial score (nSPS) is 14.5. The van der Waals surface area contributed by atoms with Gasteiger partial charge in [-0.15, -0.1) is 0 Å². The van der Waals surface area contributed by atoms with Crippen molar-refractivity contribution in [3.8, 4) is 0 Å². The lowest BCUT2D eigenvalue weighted by Gasteiger charge is -2.10. The number of hydrogen-bond acceptors (Lipinski definition) is 0. The van der Waals surface area contributed by atoms with E-state index in [1.165, 1.54) is 19.9 Å². The highest BCUT2D eigenvalue weighted by Crippen LogP contribution is 2.29. The number of alkyl halides is 3.